The summed E-state index contributed by atoms with van der Waals surface area (Å²) in [5.74, 6) is 0.876. The van der Waals surface area contributed by atoms with Crippen molar-refractivity contribution in [1.29, 1.82) is 0 Å². The Labute approximate surface area is 157 Å². The van der Waals surface area contributed by atoms with Crippen molar-refractivity contribution in [2.75, 3.05) is 24.2 Å². The minimum absolute atomic E-state index is 0.129. The van der Waals surface area contributed by atoms with Gasteiger partial charge in [0, 0.05) is 13.1 Å². The zero-order chi connectivity index (χ0) is 17.8. The van der Waals surface area contributed by atoms with Gasteiger partial charge in [0.05, 0.1) is 11.4 Å². The molecule has 8 nitrogen and oxygen atoms in total. The number of nitrogens with one attached hydrogen (secondary N) is 1. The molecule has 0 spiro atoms. The minimum atomic E-state index is -0.293. The predicted octanol–water partition coefficient (Wildman–Crippen LogP) is 2.30. The van der Waals surface area contributed by atoms with Gasteiger partial charge in [-0.25, -0.2) is 0 Å². The molecule has 1 fully saturated rings. The van der Waals surface area contributed by atoms with Crippen LogP contribution in [0.2, 0.25) is 0 Å². The number of anilines is 1. The molecule has 25 heavy (non-hydrogen) atoms. The van der Waals surface area contributed by atoms with Gasteiger partial charge in [-0.3, -0.25) is 14.9 Å². The lowest BCUT2D eigenvalue weighted by molar-refractivity contribution is -0.129. The van der Waals surface area contributed by atoms with E-state index in [4.69, 9.17) is 0 Å². The van der Waals surface area contributed by atoms with Gasteiger partial charge in [0.15, 0.2) is 4.34 Å². The van der Waals surface area contributed by atoms with Crippen LogP contribution in [0, 0.1) is 12.8 Å². The van der Waals surface area contributed by atoms with Gasteiger partial charge in [-0.05, 0) is 37.2 Å². The molecule has 11 heteroatoms. The van der Waals surface area contributed by atoms with Gasteiger partial charge in [0.25, 0.3) is 5.91 Å². The van der Waals surface area contributed by atoms with E-state index < -0.39 is 0 Å². The Balaban J connectivity index is 1.49. The van der Waals surface area contributed by atoms with Crippen molar-refractivity contribution < 1.29 is 9.59 Å². The number of hydrogen-bond acceptors (Lipinski definition) is 9. The number of likely N-dealkylation sites (tertiary alicyclic amines) is 1. The minimum Gasteiger partial charge on any atom is -0.342 e. The Morgan fingerprint density at radius 3 is 2.72 bits per heavy atom. The quantitative estimate of drug-likeness (QED) is 0.609. The number of piperidine rings is 1. The molecule has 2 aromatic rings. The molecule has 0 saturated carbocycles. The molecule has 1 saturated heterocycles. The zero-order valence-corrected chi connectivity index (χ0v) is 16.3. The number of hydrogen-bond donors (Lipinski definition) is 1. The summed E-state index contributed by atoms with van der Waals surface area (Å²) in [6, 6.07) is 0. The molecule has 0 radical (unpaired) electrons. The van der Waals surface area contributed by atoms with Crippen LogP contribution in [0.15, 0.2) is 4.34 Å². The van der Waals surface area contributed by atoms with Gasteiger partial charge in [0.2, 0.25) is 11.0 Å². The van der Waals surface area contributed by atoms with Crippen LogP contribution in [-0.4, -0.2) is 55.3 Å². The monoisotopic (exact) mass is 398 g/mol. The highest BCUT2D eigenvalue weighted by atomic mass is 32.2. The smallest absolute Gasteiger partial charge is 0.271 e. The highest BCUT2D eigenvalue weighted by molar-refractivity contribution is 8.01. The summed E-state index contributed by atoms with van der Waals surface area (Å²) in [7, 11) is 0. The van der Waals surface area contributed by atoms with Gasteiger partial charge < -0.3 is 4.90 Å². The summed E-state index contributed by atoms with van der Waals surface area (Å²) in [5.41, 5.74) is 0.586. The summed E-state index contributed by atoms with van der Waals surface area (Å²) in [6.45, 7) is 5.62. The van der Waals surface area contributed by atoms with Crippen LogP contribution in [-0.2, 0) is 4.79 Å². The van der Waals surface area contributed by atoms with Crippen molar-refractivity contribution in [1.82, 2.24) is 24.7 Å². The maximum absolute atomic E-state index is 12.2. The molecule has 1 N–H and O–H groups in total. The number of nitrogens with zero attached hydrogens (tertiary/aromatic N) is 5. The highest BCUT2D eigenvalue weighted by Gasteiger charge is 2.21. The first-order valence-corrected chi connectivity index (χ1v) is 10.4. The van der Waals surface area contributed by atoms with Gasteiger partial charge in [-0.1, -0.05) is 34.5 Å². The Kier molecular flexibility index (Phi) is 5.97. The molecule has 1 aliphatic heterocycles. The van der Waals surface area contributed by atoms with Crippen LogP contribution in [0.4, 0.5) is 5.13 Å². The van der Waals surface area contributed by atoms with Crippen LogP contribution in [0.25, 0.3) is 0 Å². The van der Waals surface area contributed by atoms with E-state index in [0.717, 1.165) is 37.5 Å². The van der Waals surface area contributed by atoms with E-state index in [1.165, 1.54) is 23.1 Å². The SMILES string of the molecule is Cc1nnsc1C(=O)Nc1nnc(SCC(=O)N2CCC(C)CC2)s1. The number of aromatic nitrogens is 4. The number of thioether (sulfide) groups is 1. The van der Waals surface area contributed by atoms with Gasteiger partial charge in [-0.15, -0.1) is 15.3 Å². The third-order valence-corrected chi connectivity index (χ3v) is 6.72. The second-order valence-corrected chi connectivity index (χ2v) is 8.82. The molecule has 0 aliphatic carbocycles. The normalized spacial score (nSPS) is 15.4. The topological polar surface area (TPSA) is 101 Å². The number of rotatable bonds is 5. The second-order valence-electron chi connectivity index (χ2n) is 5.87. The average molecular weight is 399 g/mol. The Bertz CT molecular complexity index is 753. The summed E-state index contributed by atoms with van der Waals surface area (Å²) < 4.78 is 4.40. The van der Waals surface area contributed by atoms with Crippen molar-refractivity contribution in [3.63, 3.8) is 0 Å². The fourth-order valence-electron chi connectivity index (χ4n) is 2.38. The molecule has 0 unspecified atom stereocenters. The lowest BCUT2D eigenvalue weighted by Crippen LogP contribution is -2.38. The zero-order valence-electron chi connectivity index (χ0n) is 13.9. The van der Waals surface area contributed by atoms with E-state index in [0.29, 0.717) is 31.7 Å². The van der Waals surface area contributed by atoms with Crippen LogP contribution < -0.4 is 5.32 Å². The number of amides is 2. The largest absolute Gasteiger partial charge is 0.342 e. The molecule has 0 atom stereocenters. The standard InChI is InChI=1S/C14H18N6O2S3/c1-8-3-5-20(6-4-8)10(21)7-23-14-18-17-13(24-14)15-12(22)11-9(2)16-19-25-11/h8H,3-7H2,1-2H3,(H,15,17,22). The third-order valence-electron chi connectivity index (χ3n) is 3.94. The van der Waals surface area contributed by atoms with E-state index in [2.05, 4.69) is 32.0 Å². The van der Waals surface area contributed by atoms with Crippen molar-refractivity contribution in [3.8, 4) is 0 Å². The number of carbonyl (C=O) groups is 2. The van der Waals surface area contributed by atoms with Crippen molar-refractivity contribution in [2.45, 2.75) is 31.0 Å². The van der Waals surface area contributed by atoms with Crippen LogP contribution in [0.3, 0.4) is 0 Å². The Morgan fingerprint density at radius 1 is 1.28 bits per heavy atom. The van der Waals surface area contributed by atoms with Gasteiger partial charge in [0.1, 0.15) is 4.88 Å². The Morgan fingerprint density at radius 2 is 2.04 bits per heavy atom. The fraction of sp³-hybridized carbons (Fsp3) is 0.571. The summed E-state index contributed by atoms with van der Waals surface area (Å²) in [6.07, 6.45) is 2.13. The summed E-state index contributed by atoms with van der Waals surface area (Å²) >= 11 is 3.65. The lowest BCUT2D eigenvalue weighted by atomic mass is 9.99. The van der Waals surface area contributed by atoms with Crippen LogP contribution in [0.1, 0.15) is 35.1 Å². The van der Waals surface area contributed by atoms with E-state index in [9.17, 15) is 9.59 Å². The molecule has 1 aliphatic rings. The molecule has 2 amide bonds. The first-order chi connectivity index (χ1) is 12.0. The van der Waals surface area contributed by atoms with E-state index in [1.807, 2.05) is 4.90 Å². The predicted molar refractivity (Wildman–Crippen MR) is 98.2 cm³/mol. The van der Waals surface area contributed by atoms with Gasteiger partial charge >= 0.3 is 0 Å². The average Bonchev–Trinajstić information content (AvgIpc) is 3.22. The molecule has 3 heterocycles. The molecule has 134 valence electrons. The molecular weight excluding hydrogens is 380 g/mol. The van der Waals surface area contributed by atoms with Crippen molar-refractivity contribution in [3.05, 3.63) is 10.6 Å². The fourth-order valence-corrected chi connectivity index (χ4v) is 4.59. The van der Waals surface area contributed by atoms with E-state index in [-0.39, 0.29) is 11.8 Å². The maximum atomic E-state index is 12.2. The van der Waals surface area contributed by atoms with E-state index >= 15 is 0 Å². The van der Waals surface area contributed by atoms with Crippen molar-refractivity contribution >= 4 is 51.6 Å². The van der Waals surface area contributed by atoms with Crippen LogP contribution >= 0.6 is 34.6 Å². The van der Waals surface area contributed by atoms with Crippen LogP contribution in [0.5, 0.6) is 0 Å². The lowest BCUT2D eigenvalue weighted by Gasteiger charge is -2.30. The number of carbonyl (C=O) groups excluding carboxylic acids is 2. The van der Waals surface area contributed by atoms with E-state index in [1.54, 1.807) is 6.92 Å². The highest BCUT2D eigenvalue weighted by Crippen LogP contribution is 2.27. The molecular formula is C14H18N6O2S3. The number of aryl methyl sites for hydroxylation is 1. The van der Waals surface area contributed by atoms with Crippen molar-refractivity contribution in [2.24, 2.45) is 5.92 Å². The summed E-state index contributed by atoms with van der Waals surface area (Å²) in [5, 5.41) is 14.9. The second kappa shape index (κ2) is 8.19. The third kappa shape index (κ3) is 4.73. The molecule has 2 aromatic heterocycles. The molecule has 0 bridgehead atoms. The Hall–Kier alpha value is -1.59. The van der Waals surface area contributed by atoms with Gasteiger partial charge in [-0.2, -0.15) is 0 Å². The first-order valence-electron chi connectivity index (χ1n) is 7.87. The first kappa shape index (κ1) is 18.2. The molecule has 0 aromatic carbocycles. The molecule has 3 rings (SSSR count). The maximum Gasteiger partial charge on any atom is 0.271 e. The summed E-state index contributed by atoms with van der Waals surface area (Å²) in [4.78, 5) is 26.7.